The van der Waals surface area contributed by atoms with E-state index < -0.39 is 37.4 Å². The summed E-state index contributed by atoms with van der Waals surface area (Å²) in [6.07, 6.45) is -1.83. The molecule has 0 aliphatic heterocycles. The van der Waals surface area contributed by atoms with Crippen LogP contribution in [0.3, 0.4) is 0 Å². The Balaban J connectivity index is -0.0000000347. The quantitative estimate of drug-likeness (QED) is 0.218. The molecule has 2 N–H and O–H groups in total. The van der Waals surface area contributed by atoms with Gasteiger partial charge in [-0.2, -0.15) is 0 Å². The molecular formula is CH2Al2O15S3. The van der Waals surface area contributed by atoms with Gasteiger partial charge in [-0.25, -0.2) is 4.79 Å². The fourth-order valence-electron chi connectivity index (χ4n) is 0. The summed E-state index contributed by atoms with van der Waals surface area (Å²) in [5, 5.41) is 13.9. The second kappa shape index (κ2) is 16.3. The molecule has 0 aliphatic carbocycles. The van der Waals surface area contributed by atoms with Gasteiger partial charge in [-0.1, -0.05) is 0 Å². The van der Waals surface area contributed by atoms with Gasteiger partial charge in [-0.05, 0) is 0 Å². The van der Waals surface area contributed by atoms with Gasteiger partial charge in [0, 0.05) is 31.2 Å². The van der Waals surface area contributed by atoms with Crippen molar-refractivity contribution >= 4 is 72.1 Å². The molecule has 20 heteroatoms. The molecule has 0 radical (unpaired) electrons. The van der Waals surface area contributed by atoms with Gasteiger partial charge in [-0.15, -0.1) is 0 Å². The van der Waals surface area contributed by atoms with E-state index in [0.717, 1.165) is 0 Å². The van der Waals surface area contributed by atoms with E-state index in [9.17, 15) is 0 Å². The van der Waals surface area contributed by atoms with Crippen molar-refractivity contribution in [1.29, 1.82) is 0 Å². The van der Waals surface area contributed by atoms with Gasteiger partial charge >= 0.3 is 40.9 Å². The molecule has 0 aromatic carbocycles. The van der Waals surface area contributed by atoms with Gasteiger partial charge < -0.3 is 37.5 Å². The standard InChI is InChI=1S/CH2O3.2Al.3H2O4S/c2-1(3)4;;;3*1-5(2,3)4/h(H2,2,3,4);;;3*(H2,1,2,3,4)/q;2*+3;;;/p-6. The van der Waals surface area contributed by atoms with Gasteiger partial charge in [0.1, 0.15) is 0 Å². The van der Waals surface area contributed by atoms with Gasteiger partial charge in [0.25, 0.3) is 0 Å². The van der Waals surface area contributed by atoms with Crippen LogP contribution in [0.2, 0.25) is 0 Å². The molecule has 0 spiro atoms. The molecule has 15 nitrogen and oxygen atoms in total. The summed E-state index contributed by atoms with van der Waals surface area (Å²) in [6, 6.07) is 0. The van der Waals surface area contributed by atoms with Crippen molar-refractivity contribution in [3.63, 3.8) is 0 Å². The Hall–Kier alpha value is -0.0551. The van der Waals surface area contributed by atoms with Crippen LogP contribution in [-0.4, -0.2) is 104 Å². The Kier molecular flexibility index (Phi) is 29.0. The first kappa shape index (κ1) is 37.3. The van der Waals surface area contributed by atoms with Crippen LogP contribution in [0.5, 0.6) is 0 Å². The molecule has 0 amide bonds. The van der Waals surface area contributed by atoms with Gasteiger partial charge in [0.2, 0.25) is 0 Å². The topological polar surface area (TPSA) is 298 Å². The second-order valence-electron chi connectivity index (χ2n) is 1.51. The maximum atomic E-state index is 8.56. The zero-order valence-electron chi connectivity index (χ0n) is 9.08. The Morgan fingerprint density at radius 1 is 0.571 bits per heavy atom. The molecule has 0 aromatic rings. The van der Waals surface area contributed by atoms with Crippen LogP contribution in [-0.2, 0) is 31.2 Å². The first-order valence-corrected chi connectivity index (χ1v) is 6.65. The van der Waals surface area contributed by atoms with E-state index >= 15 is 0 Å². The van der Waals surface area contributed by atoms with Gasteiger partial charge in [0.05, 0.1) is 0 Å². The van der Waals surface area contributed by atoms with Crippen molar-refractivity contribution in [2.45, 2.75) is 0 Å². The van der Waals surface area contributed by atoms with E-state index in [4.69, 9.17) is 67.6 Å². The summed E-state index contributed by atoms with van der Waals surface area (Å²) in [5.74, 6) is 0. The first-order chi connectivity index (χ1) is 7.73. The van der Waals surface area contributed by atoms with Crippen molar-refractivity contribution < 1.29 is 67.6 Å². The van der Waals surface area contributed by atoms with Crippen LogP contribution < -0.4 is 0 Å². The number of carboxylic acid groups (broad SMARTS) is 2. The van der Waals surface area contributed by atoms with E-state index in [0.29, 0.717) is 0 Å². The second-order valence-corrected chi connectivity index (χ2v) is 3.96. The number of carbonyl (C=O) groups is 1. The maximum Gasteiger partial charge on any atom is 3.00 e. The minimum Gasteiger partial charge on any atom is -0.759 e. The van der Waals surface area contributed by atoms with Crippen LogP contribution >= 0.6 is 0 Å². The minimum atomic E-state index is -5.17. The third-order valence-electron chi connectivity index (χ3n) is 0. The van der Waals surface area contributed by atoms with Crippen LogP contribution in [0.15, 0.2) is 0 Å². The SMILES string of the molecule is O=C(O)O.O=S(=O)([O-])[O-].O=S(=O)([O-])[O-].O=S(=O)([O-])[O-].[Al+3].[Al+3]. The molecule has 0 fully saturated rings. The van der Waals surface area contributed by atoms with Gasteiger partial charge in [-0.3, -0.25) is 25.3 Å². The summed E-state index contributed by atoms with van der Waals surface area (Å²) in [7, 11) is -15.5. The zero-order chi connectivity index (χ0) is 17.1. The molecule has 0 saturated heterocycles. The average molecular weight is 404 g/mol. The van der Waals surface area contributed by atoms with Crippen LogP contribution in [0.25, 0.3) is 0 Å². The predicted octanol–water partition coefficient (Wildman–Crippen LogP) is -4.55. The smallest absolute Gasteiger partial charge is 0.759 e. The fraction of sp³-hybridized carbons (Fsp3) is 0. The summed E-state index contributed by atoms with van der Waals surface area (Å²) >= 11 is 0. The summed E-state index contributed by atoms with van der Waals surface area (Å²) in [5.41, 5.74) is 0. The molecule has 0 heterocycles. The van der Waals surface area contributed by atoms with Crippen LogP contribution in [0.1, 0.15) is 0 Å². The minimum absolute atomic E-state index is 0. The molecule has 0 atom stereocenters. The van der Waals surface area contributed by atoms with E-state index in [1.54, 1.807) is 0 Å². The Bertz CT molecular complexity index is 424. The Morgan fingerprint density at radius 3 is 0.571 bits per heavy atom. The van der Waals surface area contributed by atoms with Crippen molar-refractivity contribution in [3.8, 4) is 0 Å². The third-order valence-corrected chi connectivity index (χ3v) is 0. The summed E-state index contributed by atoms with van der Waals surface area (Å²) < 4.78 is 102. The predicted molar refractivity (Wildman–Crippen MR) is 53.6 cm³/mol. The molecule has 21 heavy (non-hydrogen) atoms. The largest absolute Gasteiger partial charge is 3.00 e. The van der Waals surface area contributed by atoms with Crippen LogP contribution in [0, 0.1) is 0 Å². The van der Waals surface area contributed by atoms with Crippen molar-refractivity contribution in [2.75, 3.05) is 0 Å². The van der Waals surface area contributed by atoms with Crippen molar-refractivity contribution in [3.05, 3.63) is 0 Å². The molecule has 0 bridgehead atoms. The summed E-state index contributed by atoms with van der Waals surface area (Å²) in [6.45, 7) is 0. The van der Waals surface area contributed by atoms with Gasteiger partial charge in [0.15, 0.2) is 0 Å². The van der Waals surface area contributed by atoms with E-state index in [2.05, 4.69) is 0 Å². The molecule has 0 aromatic heterocycles. The molecule has 0 aliphatic rings. The first-order valence-electron chi connectivity index (χ1n) is 2.65. The molecule has 120 valence electrons. The van der Waals surface area contributed by atoms with Crippen molar-refractivity contribution in [1.82, 2.24) is 0 Å². The molecule has 0 saturated carbocycles. The van der Waals surface area contributed by atoms with E-state index in [1.807, 2.05) is 0 Å². The molecule has 0 unspecified atom stereocenters. The summed E-state index contributed by atoms with van der Waals surface area (Å²) in [4.78, 5) is 8.56. The number of hydrogen-bond acceptors (Lipinski definition) is 13. The molecular weight excluding hydrogens is 402 g/mol. The number of rotatable bonds is 0. The van der Waals surface area contributed by atoms with Crippen LogP contribution in [0.4, 0.5) is 4.79 Å². The molecule has 0 rings (SSSR count). The Labute approximate surface area is 139 Å². The normalized spacial score (nSPS) is 9.43. The average Bonchev–Trinajstić information content (AvgIpc) is 1.66. The third kappa shape index (κ3) is 2120000. The van der Waals surface area contributed by atoms with E-state index in [-0.39, 0.29) is 34.7 Å². The Morgan fingerprint density at radius 2 is 0.571 bits per heavy atom. The monoisotopic (exact) mass is 404 g/mol. The fourth-order valence-corrected chi connectivity index (χ4v) is 0. The zero-order valence-corrected chi connectivity index (χ0v) is 13.8. The van der Waals surface area contributed by atoms with E-state index in [1.165, 1.54) is 0 Å². The maximum absolute atomic E-state index is 8.56. The van der Waals surface area contributed by atoms with Crippen molar-refractivity contribution in [2.24, 2.45) is 0 Å². The number of hydrogen-bond donors (Lipinski definition) is 2.